The molecule has 0 aromatic rings. The summed E-state index contributed by atoms with van der Waals surface area (Å²) in [4.78, 5) is 11.6. The number of rotatable bonds is 17. The molecule has 0 rings (SSSR count). The molecule has 2 unspecified atom stereocenters. The van der Waals surface area contributed by atoms with Gasteiger partial charge in [0.1, 0.15) is 12.6 Å². The van der Waals surface area contributed by atoms with E-state index >= 15 is 0 Å². The van der Waals surface area contributed by atoms with Crippen LogP contribution < -0.4 is 10.4 Å². The van der Waals surface area contributed by atoms with Gasteiger partial charge in [0.25, 0.3) is 0 Å². The van der Waals surface area contributed by atoms with Crippen LogP contribution in [-0.4, -0.2) is 61.4 Å². The molecule has 0 aliphatic carbocycles. The van der Waals surface area contributed by atoms with Crippen molar-refractivity contribution in [3.8, 4) is 0 Å². The number of carboxylic acid groups (broad SMARTS) is 1. The van der Waals surface area contributed by atoms with Gasteiger partial charge in [0, 0.05) is 6.54 Å². The molecule has 0 fully saturated rings. The minimum absolute atomic E-state index is 0.276. The van der Waals surface area contributed by atoms with Crippen molar-refractivity contribution in [2.75, 3.05) is 34.2 Å². The summed E-state index contributed by atoms with van der Waals surface area (Å²) in [6.45, 7) is 4.76. The fourth-order valence-corrected chi connectivity index (χ4v) is 3.27. The third kappa shape index (κ3) is 13.5. The lowest BCUT2D eigenvalue weighted by Crippen LogP contribution is -2.58. The highest BCUT2D eigenvalue weighted by atomic mass is 16.4. The quantitative estimate of drug-likeness (QED) is 0.304. The molecule has 2 atom stereocenters. The van der Waals surface area contributed by atoms with E-state index in [1.165, 1.54) is 51.4 Å². The number of carboxylic acids is 1. The molecule has 0 saturated heterocycles. The second-order valence-electron chi connectivity index (χ2n) is 9.06. The van der Waals surface area contributed by atoms with Crippen molar-refractivity contribution >= 4 is 5.97 Å². The second-order valence-corrected chi connectivity index (χ2v) is 9.06. The van der Waals surface area contributed by atoms with Crippen LogP contribution in [0.15, 0.2) is 0 Å². The number of likely N-dealkylation sites (N-methyl/N-ethyl adjacent to an activating group) is 1. The Morgan fingerprint density at radius 2 is 1.46 bits per heavy atom. The van der Waals surface area contributed by atoms with E-state index < -0.39 is 17.6 Å². The van der Waals surface area contributed by atoms with E-state index in [0.717, 1.165) is 12.8 Å². The second kappa shape index (κ2) is 13.5. The molecule has 0 spiro atoms. The van der Waals surface area contributed by atoms with Gasteiger partial charge in [-0.25, -0.2) is 0 Å². The zero-order chi connectivity index (χ0) is 20.1. The molecule has 5 heteroatoms. The van der Waals surface area contributed by atoms with Crippen molar-refractivity contribution in [1.29, 1.82) is 0 Å². The maximum absolute atomic E-state index is 11.6. The minimum atomic E-state index is -1.08. The highest BCUT2D eigenvalue weighted by Gasteiger charge is 2.26. The number of aliphatic carboxylic acids is 1. The van der Waals surface area contributed by atoms with Crippen LogP contribution in [0.5, 0.6) is 0 Å². The largest absolute Gasteiger partial charge is 0.548 e. The SMILES string of the molecule is CCCCCCCCCCCCC(C)(NCC(O)C[N+](C)(C)C)C(=O)[O-]. The number of aliphatic hydroxyl groups is 1. The Kier molecular flexibility index (Phi) is 13.2. The molecule has 2 N–H and O–H groups in total. The molecule has 0 bridgehead atoms. The van der Waals surface area contributed by atoms with Crippen LogP contribution in [0.1, 0.15) is 84.5 Å². The van der Waals surface area contributed by atoms with Crippen molar-refractivity contribution < 1.29 is 19.5 Å². The number of nitrogens with zero attached hydrogens (tertiary/aromatic N) is 1. The molecule has 0 amide bonds. The maximum Gasteiger partial charge on any atom is 0.115 e. The number of hydrogen-bond donors (Lipinski definition) is 2. The number of carbonyl (C=O) groups is 1. The Balaban J connectivity index is 3.95. The van der Waals surface area contributed by atoms with Gasteiger partial charge in [-0.3, -0.25) is 0 Å². The minimum Gasteiger partial charge on any atom is -0.548 e. The van der Waals surface area contributed by atoms with Crippen LogP contribution in [0.25, 0.3) is 0 Å². The van der Waals surface area contributed by atoms with Gasteiger partial charge in [0.15, 0.2) is 0 Å². The van der Waals surface area contributed by atoms with Gasteiger partial charge in [-0.2, -0.15) is 0 Å². The molecule has 156 valence electrons. The molecule has 0 aromatic heterocycles. The van der Waals surface area contributed by atoms with Crippen LogP contribution in [0.2, 0.25) is 0 Å². The van der Waals surface area contributed by atoms with E-state index in [1.54, 1.807) is 6.92 Å². The normalized spacial score (nSPS) is 15.6. The third-order valence-corrected chi connectivity index (χ3v) is 4.97. The van der Waals surface area contributed by atoms with Crippen LogP contribution in [-0.2, 0) is 4.79 Å². The molecule has 0 radical (unpaired) electrons. The van der Waals surface area contributed by atoms with Crippen molar-refractivity contribution in [2.24, 2.45) is 0 Å². The lowest BCUT2D eigenvalue weighted by molar-refractivity contribution is -0.873. The fraction of sp³-hybridized carbons (Fsp3) is 0.952. The first kappa shape index (κ1) is 25.4. The summed E-state index contributed by atoms with van der Waals surface area (Å²) >= 11 is 0. The molecule has 0 heterocycles. The van der Waals surface area contributed by atoms with Gasteiger partial charge in [-0.1, -0.05) is 71.1 Å². The summed E-state index contributed by atoms with van der Waals surface area (Å²) in [6, 6.07) is 0. The number of hydrogen-bond acceptors (Lipinski definition) is 4. The third-order valence-electron chi connectivity index (χ3n) is 4.97. The Hall–Kier alpha value is -0.650. The van der Waals surface area contributed by atoms with E-state index in [4.69, 9.17) is 0 Å². The maximum atomic E-state index is 11.6. The molecular weight excluding hydrogens is 328 g/mol. The van der Waals surface area contributed by atoms with Crippen LogP contribution in [0.4, 0.5) is 0 Å². The highest BCUT2D eigenvalue weighted by Crippen LogP contribution is 2.17. The lowest BCUT2D eigenvalue weighted by Gasteiger charge is -2.34. The Labute approximate surface area is 161 Å². The Morgan fingerprint density at radius 3 is 1.88 bits per heavy atom. The zero-order valence-electron chi connectivity index (χ0n) is 18.0. The molecule has 0 aliphatic heterocycles. The van der Waals surface area contributed by atoms with Crippen molar-refractivity contribution in [1.82, 2.24) is 5.32 Å². The highest BCUT2D eigenvalue weighted by molar-refractivity contribution is 5.76. The number of carbonyl (C=O) groups excluding carboxylic acids is 1. The Bertz CT molecular complexity index is 369. The summed E-state index contributed by atoms with van der Waals surface area (Å²) < 4.78 is 0.642. The fourth-order valence-electron chi connectivity index (χ4n) is 3.27. The van der Waals surface area contributed by atoms with Crippen molar-refractivity contribution in [2.45, 2.75) is 96.1 Å². The summed E-state index contributed by atoms with van der Waals surface area (Å²) in [5, 5.41) is 24.7. The van der Waals surface area contributed by atoms with E-state index in [0.29, 0.717) is 17.4 Å². The molecule has 0 aliphatic rings. The summed E-state index contributed by atoms with van der Waals surface area (Å²) in [5.74, 6) is -1.08. The zero-order valence-corrected chi connectivity index (χ0v) is 18.0. The first-order valence-corrected chi connectivity index (χ1v) is 10.6. The van der Waals surface area contributed by atoms with Gasteiger partial charge < -0.3 is 24.8 Å². The van der Waals surface area contributed by atoms with E-state index in [2.05, 4.69) is 12.2 Å². The van der Waals surface area contributed by atoms with Crippen LogP contribution >= 0.6 is 0 Å². The first-order valence-electron chi connectivity index (χ1n) is 10.6. The predicted molar refractivity (Wildman–Crippen MR) is 107 cm³/mol. The summed E-state index contributed by atoms with van der Waals surface area (Å²) in [6.07, 6.45) is 12.3. The van der Waals surface area contributed by atoms with Gasteiger partial charge in [0.05, 0.1) is 32.7 Å². The molecular formula is C21H44N2O3. The smallest absolute Gasteiger partial charge is 0.115 e. The van der Waals surface area contributed by atoms with Crippen molar-refractivity contribution in [3.63, 3.8) is 0 Å². The molecule has 26 heavy (non-hydrogen) atoms. The molecule has 5 nitrogen and oxygen atoms in total. The molecule has 0 saturated carbocycles. The number of unbranched alkanes of at least 4 members (excludes halogenated alkanes) is 9. The lowest BCUT2D eigenvalue weighted by atomic mass is 9.93. The Morgan fingerprint density at radius 1 is 1.00 bits per heavy atom. The summed E-state index contributed by atoms with van der Waals surface area (Å²) in [7, 11) is 6.01. The van der Waals surface area contributed by atoms with Gasteiger partial charge in [0.2, 0.25) is 0 Å². The van der Waals surface area contributed by atoms with Crippen LogP contribution in [0, 0.1) is 0 Å². The topological polar surface area (TPSA) is 72.4 Å². The predicted octanol–water partition coefficient (Wildman–Crippen LogP) is 2.46. The van der Waals surface area contributed by atoms with E-state index in [9.17, 15) is 15.0 Å². The van der Waals surface area contributed by atoms with E-state index in [-0.39, 0.29) is 6.54 Å². The number of aliphatic hydroxyl groups excluding tert-OH is 1. The average Bonchev–Trinajstić information content (AvgIpc) is 2.53. The van der Waals surface area contributed by atoms with Crippen molar-refractivity contribution in [3.05, 3.63) is 0 Å². The summed E-state index contributed by atoms with van der Waals surface area (Å²) in [5.41, 5.74) is -1.06. The average molecular weight is 373 g/mol. The number of nitrogens with one attached hydrogen (secondary N) is 1. The number of β-amino-alcohol motifs (C(OH)–C–C–N with tert-alkyl or cyclic N) is 1. The van der Waals surface area contributed by atoms with E-state index in [1.807, 2.05) is 21.1 Å². The monoisotopic (exact) mass is 372 g/mol. The van der Waals surface area contributed by atoms with Gasteiger partial charge >= 0.3 is 0 Å². The number of quaternary nitrogens is 1. The van der Waals surface area contributed by atoms with Gasteiger partial charge in [-0.15, -0.1) is 0 Å². The molecule has 0 aromatic carbocycles. The standard InChI is InChI=1S/C21H44N2O3/c1-6-7-8-9-10-11-12-13-14-15-16-21(2,20(25)26)22-17-19(24)18-23(3,4)5/h19,22,24H,6-18H2,1-5H3. The van der Waals surface area contributed by atoms with Crippen LogP contribution in [0.3, 0.4) is 0 Å². The van der Waals surface area contributed by atoms with Gasteiger partial charge in [-0.05, 0) is 13.3 Å². The first-order chi connectivity index (χ1) is 12.1.